The molecule has 2 atom stereocenters. The third-order valence-corrected chi connectivity index (χ3v) is 3.38. The second-order valence-corrected chi connectivity index (χ2v) is 4.82. The summed E-state index contributed by atoms with van der Waals surface area (Å²) in [5, 5.41) is 18.0. The van der Waals surface area contributed by atoms with Gasteiger partial charge >= 0.3 is 18.0 Å². The smallest absolute Gasteiger partial charge is 0.410 e. The van der Waals surface area contributed by atoms with Crippen LogP contribution in [0.2, 0.25) is 0 Å². The van der Waals surface area contributed by atoms with E-state index < -0.39 is 30.0 Å². The van der Waals surface area contributed by atoms with Gasteiger partial charge in [0.15, 0.2) is 0 Å². The summed E-state index contributed by atoms with van der Waals surface area (Å²) in [6.07, 6.45) is -0.916. The molecule has 1 aromatic rings. The first-order valence-corrected chi connectivity index (χ1v) is 6.42. The predicted molar refractivity (Wildman–Crippen MR) is 70.5 cm³/mol. The first-order valence-electron chi connectivity index (χ1n) is 6.42. The number of carbonyl (C=O) groups excluding carboxylic acids is 1. The van der Waals surface area contributed by atoms with Crippen LogP contribution in [0.15, 0.2) is 30.3 Å². The number of benzene rings is 1. The molecule has 1 aliphatic heterocycles. The quantitative estimate of drug-likeness (QED) is 0.864. The zero-order valence-corrected chi connectivity index (χ0v) is 11.1. The van der Waals surface area contributed by atoms with Gasteiger partial charge < -0.3 is 14.9 Å². The van der Waals surface area contributed by atoms with Gasteiger partial charge in [0.25, 0.3) is 0 Å². The largest absolute Gasteiger partial charge is 0.481 e. The monoisotopic (exact) mass is 293 g/mol. The van der Waals surface area contributed by atoms with Crippen LogP contribution in [-0.4, -0.2) is 45.7 Å². The number of rotatable bonds is 4. The molecule has 112 valence electrons. The van der Waals surface area contributed by atoms with E-state index in [9.17, 15) is 14.4 Å². The lowest BCUT2D eigenvalue weighted by Crippen LogP contribution is -2.40. The third kappa shape index (κ3) is 3.50. The second kappa shape index (κ2) is 6.25. The van der Waals surface area contributed by atoms with Crippen molar-refractivity contribution in [2.75, 3.05) is 6.54 Å². The van der Waals surface area contributed by atoms with Crippen molar-refractivity contribution in [3.8, 4) is 0 Å². The minimum atomic E-state index is -1.23. The Morgan fingerprint density at radius 2 is 1.81 bits per heavy atom. The molecule has 1 heterocycles. The Bertz CT molecular complexity index is 544. The van der Waals surface area contributed by atoms with Crippen LogP contribution in [0.25, 0.3) is 0 Å². The number of carbonyl (C=O) groups is 3. The molecular formula is C14H15NO6. The van der Waals surface area contributed by atoms with Crippen molar-refractivity contribution in [1.29, 1.82) is 0 Å². The van der Waals surface area contributed by atoms with Crippen LogP contribution in [0.5, 0.6) is 0 Å². The standard InChI is InChI=1S/C14H15NO6/c16-12(17)10-6-11(13(18)19)15(7-10)14(20)21-8-9-4-2-1-3-5-9/h1-5,10-11H,6-8H2,(H,16,17)(H,18,19)/t10-,11+/m0/s1. The molecule has 1 amide bonds. The lowest BCUT2D eigenvalue weighted by atomic mass is 10.1. The number of likely N-dealkylation sites (tertiary alicyclic amines) is 1. The van der Waals surface area contributed by atoms with Gasteiger partial charge in [0.1, 0.15) is 12.6 Å². The topological polar surface area (TPSA) is 104 Å². The van der Waals surface area contributed by atoms with Crippen molar-refractivity contribution in [2.45, 2.75) is 19.1 Å². The Balaban J connectivity index is 1.99. The van der Waals surface area contributed by atoms with E-state index in [0.29, 0.717) is 0 Å². The lowest BCUT2D eigenvalue weighted by molar-refractivity contribution is -0.141. The van der Waals surface area contributed by atoms with Crippen molar-refractivity contribution in [3.63, 3.8) is 0 Å². The first kappa shape index (κ1) is 14.8. The fraction of sp³-hybridized carbons (Fsp3) is 0.357. The Labute approximate surface area is 120 Å². The van der Waals surface area contributed by atoms with Crippen molar-refractivity contribution in [3.05, 3.63) is 35.9 Å². The van der Waals surface area contributed by atoms with E-state index in [0.717, 1.165) is 10.5 Å². The number of amides is 1. The van der Waals surface area contributed by atoms with Crippen LogP contribution in [-0.2, 0) is 20.9 Å². The van der Waals surface area contributed by atoms with E-state index >= 15 is 0 Å². The molecule has 0 bridgehead atoms. The summed E-state index contributed by atoms with van der Waals surface area (Å²) in [6.45, 7) is -0.139. The highest BCUT2D eigenvalue weighted by atomic mass is 16.6. The maximum Gasteiger partial charge on any atom is 0.410 e. The maximum absolute atomic E-state index is 11.9. The summed E-state index contributed by atoms with van der Waals surface area (Å²) in [4.78, 5) is 35.0. The van der Waals surface area contributed by atoms with Crippen molar-refractivity contribution < 1.29 is 29.3 Å². The summed E-state index contributed by atoms with van der Waals surface area (Å²) in [5.74, 6) is -3.22. The van der Waals surface area contributed by atoms with E-state index in [1.54, 1.807) is 24.3 Å². The molecule has 0 aromatic heterocycles. The summed E-state index contributed by atoms with van der Waals surface area (Å²) in [6, 6.07) is 7.79. The fourth-order valence-electron chi connectivity index (χ4n) is 2.25. The minimum absolute atomic E-state index is 0.0141. The highest BCUT2D eigenvalue weighted by molar-refractivity contribution is 5.83. The Morgan fingerprint density at radius 1 is 1.14 bits per heavy atom. The summed E-state index contributed by atoms with van der Waals surface area (Å²) >= 11 is 0. The number of ether oxygens (including phenoxy) is 1. The number of hydrogen-bond donors (Lipinski definition) is 2. The SMILES string of the molecule is O=C(O)[C@H]1C[C@H](C(=O)O)N(C(=O)OCc2ccccc2)C1. The van der Waals surface area contributed by atoms with E-state index in [2.05, 4.69) is 0 Å². The normalized spacial score (nSPS) is 21.0. The molecule has 21 heavy (non-hydrogen) atoms. The number of nitrogens with zero attached hydrogens (tertiary/aromatic N) is 1. The average Bonchev–Trinajstić information content (AvgIpc) is 2.91. The zero-order valence-electron chi connectivity index (χ0n) is 11.1. The molecule has 7 nitrogen and oxygen atoms in total. The van der Waals surface area contributed by atoms with Crippen molar-refractivity contribution >= 4 is 18.0 Å². The van der Waals surface area contributed by atoms with Gasteiger partial charge in [-0.15, -0.1) is 0 Å². The average molecular weight is 293 g/mol. The zero-order chi connectivity index (χ0) is 15.4. The molecule has 0 aliphatic carbocycles. The second-order valence-electron chi connectivity index (χ2n) is 4.82. The van der Waals surface area contributed by atoms with Gasteiger partial charge in [0.2, 0.25) is 0 Å². The van der Waals surface area contributed by atoms with Crippen LogP contribution in [0.1, 0.15) is 12.0 Å². The highest BCUT2D eigenvalue weighted by Gasteiger charge is 2.43. The van der Waals surface area contributed by atoms with Crippen LogP contribution in [0.3, 0.4) is 0 Å². The Morgan fingerprint density at radius 3 is 2.38 bits per heavy atom. The fourth-order valence-corrected chi connectivity index (χ4v) is 2.25. The van der Waals surface area contributed by atoms with Crippen LogP contribution < -0.4 is 0 Å². The van der Waals surface area contributed by atoms with Gasteiger partial charge in [0.05, 0.1) is 5.92 Å². The van der Waals surface area contributed by atoms with Crippen LogP contribution in [0, 0.1) is 5.92 Å². The summed E-state index contributed by atoms with van der Waals surface area (Å²) < 4.78 is 5.05. The van der Waals surface area contributed by atoms with Gasteiger partial charge in [-0.1, -0.05) is 30.3 Å². The molecule has 2 N–H and O–H groups in total. The molecule has 0 unspecified atom stereocenters. The number of carboxylic acids is 2. The van der Waals surface area contributed by atoms with E-state index in [-0.39, 0.29) is 19.6 Å². The molecular weight excluding hydrogens is 278 g/mol. The van der Waals surface area contributed by atoms with Gasteiger partial charge in [0, 0.05) is 6.54 Å². The number of aliphatic carboxylic acids is 2. The molecule has 1 fully saturated rings. The van der Waals surface area contributed by atoms with Crippen molar-refractivity contribution in [2.24, 2.45) is 5.92 Å². The predicted octanol–water partition coefficient (Wildman–Crippen LogP) is 1.18. The summed E-state index contributed by atoms with van der Waals surface area (Å²) in [7, 11) is 0. The summed E-state index contributed by atoms with van der Waals surface area (Å²) in [5.41, 5.74) is 0.770. The molecule has 2 rings (SSSR count). The van der Waals surface area contributed by atoms with E-state index in [1.165, 1.54) is 0 Å². The molecule has 0 spiro atoms. The van der Waals surface area contributed by atoms with E-state index in [1.807, 2.05) is 6.07 Å². The molecule has 7 heteroatoms. The Hall–Kier alpha value is -2.57. The minimum Gasteiger partial charge on any atom is -0.481 e. The van der Waals surface area contributed by atoms with Gasteiger partial charge in [-0.2, -0.15) is 0 Å². The Kier molecular flexibility index (Phi) is 4.42. The van der Waals surface area contributed by atoms with Crippen molar-refractivity contribution in [1.82, 2.24) is 4.90 Å². The molecule has 0 radical (unpaired) electrons. The molecule has 0 saturated carbocycles. The highest BCUT2D eigenvalue weighted by Crippen LogP contribution is 2.24. The molecule has 1 saturated heterocycles. The lowest BCUT2D eigenvalue weighted by Gasteiger charge is -2.20. The van der Waals surface area contributed by atoms with E-state index in [4.69, 9.17) is 14.9 Å². The van der Waals surface area contributed by atoms with Crippen LogP contribution >= 0.6 is 0 Å². The molecule has 1 aromatic carbocycles. The number of hydrogen-bond acceptors (Lipinski definition) is 4. The first-order chi connectivity index (χ1) is 9.99. The van der Waals surface area contributed by atoms with Gasteiger partial charge in [-0.3, -0.25) is 9.69 Å². The number of carboxylic acid groups (broad SMARTS) is 2. The van der Waals surface area contributed by atoms with Gasteiger partial charge in [-0.25, -0.2) is 9.59 Å². The maximum atomic E-state index is 11.9. The third-order valence-electron chi connectivity index (χ3n) is 3.38. The molecule has 1 aliphatic rings. The van der Waals surface area contributed by atoms with Gasteiger partial charge in [-0.05, 0) is 12.0 Å². The van der Waals surface area contributed by atoms with Crippen LogP contribution in [0.4, 0.5) is 4.79 Å².